The molecular weight excluding hydrogens is 250 g/mol. The minimum absolute atomic E-state index is 0.0965. The molecule has 0 radical (unpaired) electrons. The van der Waals surface area contributed by atoms with Gasteiger partial charge >= 0.3 is 0 Å². The molecule has 0 amide bonds. The highest BCUT2D eigenvalue weighted by atomic mass is 19.3. The third kappa shape index (κ3) is 4.19. The van der Waals surface area contributed by atoms with Gasteiger partial charge in [0.25, 0.3) is 0 Å². The summed E-state index contributed by atoms with van der Waals surface area (Å²) in [4.78, 5) is 4.08. The quantitative estimate of drug-likeness (QED) is 0.913. The number of halogens is 2. The number of hydrogen-bond donors (Lipinski definition) is 1. The molecule has 1 aromatic heterocycles. The standard InChI is InChI=1S/C14H18F2N2O/c15-14(16)5-3-12(4-6-14)19-13-8-11(2-1-7-17)9-18-10-13/h1,7-10,12H,2-6,17H2. The van der Waals surface area contributed by atoms with E-state index in [1.54, 1.807) is 12.4 Å². The maximum Gasteiger partial charge on any atom is 0.248 e. The van der Waals surface area contributed by atoms with Gasteiger partial charge in [0.2, 0.25) is 5.92 Å². The Morgan fingerprint density at radius 3 is 2.79 bits per heavy atom. The van der Waals surface area contributed by atoms with Gasteiger partial charge in [-0.05, 0) is 37.1 Å². The van der Waals surface area contributed by atoms with Crippen LogP contribution in [0.25, 0.3) is 0 Å². The van der Waals surface area contributed by atoms with Crippen molar-refractivity contribution in [3.05, 3.63) is 36.3 Å². The molecule has 1 aliphatic carbocycles. The van der Waals surface area contributed by atoms with Crippen LogP contribution in [-0.4, -0.2) is 17.0 Å². The first-order valence-corrected chi connectivity index (χ1v) is 6.44. The highest BCUT2D eigenvalue weighted by Crippen LogP contribution is 2.34. The highest BCUT2D eigenvalue weighted by Gasteiger charge is 2.35. The van der Waals surface area contributed by atoms with E-state index in [9.17, 15) is 8.78 Å². The molecule has 1 saturated carbocycles. The van der Waals surface area contributed by atoms with Crippen molar-refractivity contribution in [3.63, 3.8) is 0 Å². The molecular formula is C14H18F2N2O. The molecule has 0 aromatic carbocycles. The van der Waals surface area contributed by atoms with E-state index >= 15 is 0 Å². The topological polar surface area (TPSA) is 48.1 Å². The molecule has 1 heterocycles. The number of ether oxygens (including phenoxy) is 1. The summed E-state index contributed by atoms with van der Waals surface area (Å²) in [5.41, 5.74) is 6.27. The number of aromatic nitrogens is 1. The van der Waals surface area contributed by atoms with Gasteiger partial charge in [0, 0.05) is 19.0 Å². The van der Waals surface area contributed by atoms with Crippen LogP contribution in [0, 0.1) is 0 Å². The summed E-state index contributed by atoms with van der Waals surface area (Å²) in [7, 11) is 0. The van der Waals surface area contributed by atoms with E-state index in [2.05, 4.69) is 4.98 Å². The predicted molar refractivity (Wildman–Crippen MR) is 69.1 cm³/mol. The minimum Gasteiger partial charge on any atom is -0.489 e. The van der Waals surface area contributed by atoms with E-state index in [0.29, 0.717) is 25.0 Å². The molecule has 3 nitrogen and oxygen atoms in total. The maximum absolute atomic E-state index is 13.0. The minimum atomic E-state index is -2.52. The fraction of sp³-hybridized carbons (Fsp3) is 0.500. The van der Waals surface area contributed by atoms with Gasteiger partial charge < -0.3 is 10.5 Å². The van der Waals surface area contributed by atoms with Crippen LogP contribution in [0.3, 0.4) is 0 Å². The maximum atomic E-state index is 13.0. The predicted octanol–water partition coefficient (Wildman–Crippen LogP) is 3.05. The van der Waals surface area contributed by atoms with Crippen LogP contribution in [0.5, 0.6) is 5.75 Å². The first-order valence-electron chi connectivity index (χ1n) is 6.44. The first kappa shape index (κ1) is 13.8. The molecule has 2 N–H and O–H groups in total. The average molecular weight is 268 g/mol. The third-order valence-corrected chi connectivity index (χ3v) is 3.23. The van der Waals surface area contributed by atoms with Crippen molar-refractivity contribution in [2.75, 3.05) is 0 Å². The summed E-state index contributed by atoms with van der Waals surface area (Å²) < 4.78 is 31.8. The Hall–Kier alpha value is -1.65. The Balaban J connectivity index is 1.92. The second kappa shape index (κ2) is 5.99. The summed E-state index contributed by atoms with van der Waals surface area (Å²) in [5.74, 6) is -1.88. The Morgan fingerprint density at radius 2 is 2.11 bits per heavy atom. The van der Waals surface area contributed by atoms with Gasteiger partial charge in [-0.1, -0.05) is 6.08 Å². The summed E-state index contributed by atoms with van der Waals surface area (Å²) in [6.07, 6.45) is 7.79. The van der Waals surface area contributed by atoms with Crippen molar-refractivity contribution < 1.29 is 13.5 Å². The lowest BCUT2D eigenvalue weighted by molar-refractivity contribution is -0.0582. The molecule has 2 rings (SSSR count). The summed E-state index contributed by atoms with van der Waals surface area (Å²) in [5, 5.41) is 0. The van der Waals surface area contributed by atoms with E-state index < -0.39 is 5.92 Å². The molecule has 0 atom stereocenters. The third-order valence-electron chi connectivity index (χ3n) is 3.23. The van der Waals surface area contributed by atoms with Crippen molar-refractivity contribution in [1.29, 1.82) is 0 Å². The van der Waals surface area contributed by atoms with Gasteiger partial charge in [-0.15, -0.1) is 0 Å². The molecule has 0 spiro atoms. The van der Waals surface area contributed by atoms with Gasteiger partial charge in [0.15, 0.2) is 0 Å². The number of nitrogens with zero attached hydrogens (tertiary/aromatic N) is 1. The molecule has 1 aliphatic rings. The average Bonchev–Trinajstić information content (AvgIpc) is 2.39. The van der Waals surface area contributed by atoms with Crippen molar-refractivity contribution >= 4 is 0 Å². The van der Waals surface area contributed by atoms with Gasteiger partial charge in [-0.25, -0.2) is 8.78 Å². The zero-order valence-corrected chi connectivity index (χ0v) is 10.7. The Labute approximate surface area is 111 Å². The Kier molecular flexibility index (Phi) is 4.35. The number of nitrogens with two attached hydrogens (primary N) is 1. The van der Waals surface area contributed by atoms with Gasteiger partial charge in [0.1, 0.15) is 5.75 Å². The fourth-order valence-corrected chi connectivity index (χ4v) is 2.17. The number of hydrogen-bond acceptors (Lipinski definition) is 3. The first-order chi connectivity index (χ1) is 9.09. The van der Waals surface area contributed by atoms with E-state index in [1.807, 2.05) is 12.1 Å². The lowest BCUT2D eigenvalue weighted by Gasteiger charge is -2.28. The van der Waals surface area contributed by atoms with Crippen LogP contribution >= 0.6 is 0 Å². The summed E-state index contributed by atoms with van der Waals surface area (Å²) in [6.45, 7) is 0. The number of pyridine rings is 1. The van der Waals surface area contributed by atoms with Crippen LogP contribution in [0.15, 0.2) is 30.7 Å². The van der Waals surface area contributed by atoms with Crippen molar-refractivity contribution in [1.82, 2.24) is 4.98 Å². The monoisotopic (exact) mass is 268 g/mol. The molecule has 0 bridgehead atoms. The number of allylic oxidation sites excluding steroid dienone is 1. The fourth-order valence-electron chi connectivity index (χ4n) is 2.17. The van der Waals surface area contributed by atoms with Crippen LogP contribution in [0.1, 0.15) is 31.2 Å². The molecule has 0 aliphatic heterocycles. The number of rotatable bonds is 4. The molecule has 1 fully saturated rings. The van der Waals surface area contributed by atoms with Gasteiger partial charge in [-0.3, -0.25) is 4.98 Å². The van der Waals surface area contributed by atoms with Crippen LogP contribution in [0.4, 0.5) is 8.78 Å². The number of alkyl halides is 2. The van der Waals surface area contributed by atoms with E-state index in [0.717, 1.165) is 5.56 Å². The van der Waals surface area contributed by atoms with Crippen LogP contribution < -0.4 is 10.5 Å². The summed E-state index contributed by atoms with van der Waals surface area (Å²) in [6, 6.07) is 1.87. The molecule has 0 saturated heterocycles. The Bertz CT molecular complexity index is 439. The zero-order chi connectivity index (χ0) is 13.7. The molecule has 0 unspecified atom stereocenters. The molecule has 5 heteroatoms. The molecule has 19 heavy (non-hydrogen) atoms. The van der Waals surface area contributed by atoms with Crippen molar-refractivity contribution in [2.45, 2.75) is 44.1 Å². The van der Waals surface area contributed by atoms with Gasteiger partial charge in [0.05, 0.1) is 12.3 Å². The van der Waals surface area contributed by atoms with Crippen LogP contribution in [-0.2, 0) is 6.42 Å². The van der Waals surface area contributed by atoms with E-state index in [1.165, 1.54) is 6.20 Å². The van der Waals surface area contributed by atoms with Gasteiger partial charge in [-0.2, -0.15) is 0 Å². The van der Waals surface area contributed by atoms with Crippen molar-refractivity contribution in [3.8, 4) is 5.75 Å². The normalized spacial score (nSPS) is 19.7. The lowest BCUT2D eigenvalue weighted by Crippen LogP contribution is -2.30. The smallest absolute Gasteiger partial charge is 0.248 e. The van der Waals surface area contributed by atoms with Crippen molar-refractivity contribution in [2.24, 2.45) is 5.73 Å². The second-order valence-electron chi connectivity index (χ2n) is 4.83. The highest BCUT2D eigenvalue weighted by molar-refractivity contribution is 5.25. The SMILES string of the molecule is NC=CCc1cncc(OC2CCC(F)(F)CC2)c1. The molecule has 104 valence electrons. The summed E-state index contributed by atoms with van der Waals surface area (Å²) >= 11 is 0. The van der Waals surface area contributed by atoms with E-state index in [4.69, 9.17) is 10.5 Å². The van der Waals surface area contributed by atoms with E-state index in [-0.39, 0.29) is 18.9 Å². The zero-order valence-electron chi connectivity index (χ0n) is 10.7. The Morgan fingerprint density at radius 1 is 1.37 bits per heavy atom. The molecule has 1 aromatic rings. The second-order valence-corrected chi connectivity index (χ2v) is 4.83. The lowest BCUT2D eigenvalue weighted by atomic mass is 9.94. The largest absolute Gasteiger partial charge is 0.489 e. The van der Waals surface area contributed by atoms with Crippen LogP contribution in [0.2, 0.25) is 0 Å².